The first-order valence-corrected chi connectivity index (χ1v) is 6.39. The molecule has 0 amide bonds. The van der Waals surface area contributed by atoms with E-state index in [1.807, 2.05) is 11.4 Å². The predicted molar refractivity (Wildman–Crippen MR) is 69.2 cm³/mol. The number of anilines is 1. The molecule has 0 fully saturated rings. The molecule has 2 aromatic heterocycles. The molecule has 0 saturated carbocycles. The van der Waals surface area contributed by atoms with Crippen molar-refractivity contribution in [3.8, 4) is 0 Å². The molecule has 8 heteroatoms. The molecule has 0 aliphatic carbocycles. The Morgan fingerprint density at radius 2 is 2.47 bits per heavy atom. The number of nitrogens with one attached hydrogen (secondary N) is 1. The van der Waals surface area contributed by atoms with E-state index in [1.54, 1.807) is 18.4 Å². The summed E-state index contributed by atoms with van der Waals surface area (Å²) < 4.78 is 2.41. The summed E-state index contributed by atoms with van der Waals surface area (Å²) in [6.07, 6.45) is 1.38. The standard InChI is InChI=1S/C9H9BrN4O2S/c1-13-5-7(14(15)16)9(12-13)11-4-8-6(10)2-3-17-8/h2-3,5H,4H2,1H3,(H,11,12). The largest absolute Gasteiger partial charge is 0.358 e. The number of rotatable bonds is 4. The van der Waals surface area contributed by atoms with Crippen molar-refractivity contribution < 1.29 is 4.92 Å². The summed E-state index contributed by atoms with van der Waals surface area (Å²) in [6, 6.07) is 1.94. The number of thiophene rings is 1. The molecule has 0 unspecified atom stereocenters. The number of hydrogen-bond acceptors (Lipinski definition) is 5. The fraction of sp³-hybridized carbons (Fsp3) is 0.222. The summed E-state index contributed by atoms with van der Waals surface area (Å²) in [5.74, 6) is 0.290. The topological polar surface area (TPSA) is 73.0 Å². The minimum Gasteiger partial charge on any atom is -0.358 e. The molecular formula is C9H9BrN4O2S. The van der Waals surface area contributed by atoms with Gasteiger partial charge in [-0.2, -0.15) is 0 Å². The van der Waals surface area contributed by atoms with E-state index in [9.17, 15) is 10.1 Å². The highest BCUT2D eigenvalue weighted by Gasteiger charge is 2.18. The maximum atomic E-state index is 10.8. The lowest BCUT2D eigenvalue weighted by Gasteiger charge is -2.00. The molecule has 6 nitrogen and oxygen atoms in total. The maximum absolute atomic E-state index is 10.8. The smallest absolute Gasteiger partial charge is 0.330 e. The Balaban J connectivity index is 2.14. The Morgan fingerprint density at radius 1 is 1.71 bits per heavy atom. The molecule has 2 aromatic rings. The summed E-state index contributed by atoms with van der Waals surface area (Å²) in [4.78, 5) is 11.4. The van der Waals surface area contributed by atoms with E-state index in [2.05, 4.69) is 26.3 Å². The average Bonchev–Trinajstić information content (AvgIpc) is 2.82. The maximum Gasteiger partial charge on any atom is 0.330 e. The zero-order chi connectivity index (χ0) is 12.4. The summed E-state index contributed by atoms with van der Waals surface area (Å²) in [7, 11) is 1.65. The Labute approximate surface area is 110 Å². The van der Waals surface area contributed by atoms with E-state index in [0.29, 0.717) is 6.54 Å². The number of nitro groups is 1. The van der Waals surface area contributed by atoms with Crippen LogP contribution in [-0.4, -0.2) is 14.7 Å². The molecular weight excluding hydrogens is 308 g/mol. The van der Waals surface area contributed by atoms with Crippen LogP contribution in [0.5, 0.6) is 0 Å². The van der Waals surface area contributed by atoms with Gasteiger partial charge in [-0.15, -0.1) is 16.4 Å². The number of nitrogens with zero attached hydrogens (tertiary/aromatic N) is 3. The van der Waals surface area contributed by atoms with E-state index in [4.69, 9.17) is 0 Å². The lowest BCUT2D eigenvalue weighted by Crippen LogP contribution is -2.01. The quantitative estimate of drug-likeness (QED) is 0.695. The fourth-order valence-electron chi connectivity index (χ4n) is 1.35. The first-order chi connectivity index (χ1) is 8.08. The molecule has 90 valence electrons. The summed E-state index contributed by atoms with van der Waals surface area (Å²) >= 11 is 4.98. The highest BCUT2D eigenvalue weighted by atomic mass is 79.9. The Hall–Kier alpha value is -1.41. The van der Waals surface area contributed by atoms with Crippen LogP contribution < -0.4 is 5.32 Å². The third-order valence-electron chi connectivity index (χ3n) is 2.11. The van der Waals surface area contributed by atoms with Crippen molar-refractivity contribution in [3.63, 3.8) is 0 Å². The van der Waals surface area contributed by atoms with Gasteiger partial charge in [0.1, 0.15) is 6.20 Å². The van der Waals surface area contributed by atoms with Crippen molar-refractivity contribution in [3.05, 3.63) is 37.1 Å². The van der Waals surface area contributed by atoms with Gasteiger partial charge in [0, 0.05) is 16.4 Å². The first kappa shape index (κ1) is 12.1. The molecule has 0 spiro atoms. The second kappa shape index (κ2) is 4.84. The van der Waals surface area contributed by atoms with Gasteiger partial charge in [0.25, 0.3) is 0 Å². The normalized spacial score (nSPS) is 10.5. The van der Waals surface area contributed by atoms with Crippen LogP contribution in [0.25, 0.3) is 0 Å². The van der Waals surface area contributed by atoms with Crippen molar-refractivity contribution in [2.45, 2.75) is 6.54 Å². The van der Waals surface area contributed by atoms with E-state index < -0.39 is 4.92 Å². The molecule has 2 rings (SSSR count). The number of hydrogen-bond donors (Lipinski definition) is 1. The van der Waals surface area contributed by atoms with Crippen LogP contribution in [0.1, 0.15) is 4.88 Å². The first-order valence-electron chi connectivity index (χ1n) is 4.71. The minimum absolute atomic E-state index is 0.0137. The van der Waals surface area contributed by atoms with Gasteiger partial charge in [-0.1, -0.05) is 0 Å². The Morgan fingerprint density at radius 3 is 3.06 bits per heavy atom. The summed E-state index contributed by atoms with van der Waals surface area (Å²) in [5.41, 5.74) is -0.0137. The molecule has 0 aromatic carbocycles. The van der Waals surface area contributed by atoms with E-state index in [1.165, 1.54) is 10.9 Å². The molecule has 1 N–H and O–H groups in total. The van der Waals surface area contributed by atoms with Gasteiger partial charge in [-0.3, -0.25) is 14.8 Å². The van der Waals surface area contributed by atoms with Gasteiger partial charge in [-0.25, -0.2) is 0 Å². The van der Waals surface area contributed by atoms with Crippen molar-refractivity contribution in [1.29, 1.82) is 0 Å². The zero-order valence-corrected chi connectivity index (χ0v) is 11.3. The van der Waals surface area contributed by atoms with E-state index >= 15 is 0 Å². The minimum atomic E-state index is -0.446. The molecule has 2 heterocycles. The van der Waals surface area contributed by atoms with Crippen LogP contribution >= 0.6 is 27.3 Å². The SMILES string of the molecule is Cn1cc([N+](=O)[O-])c(NCc2sccc2Br)n1. The van der Waals surface area contributed by atoms with Crippen molar-refractivity contribution in [1.82, 2.24) is 9.78 Å². The van der Waals surface area contributed by atoms with Crippen LogP contribution in [0.4, 0.5) is 11.5 Å². The Bertz CT molecular complexity index is 551. The van der Waals surface area contributed by atoms with Gasteiger partial charge in [0.2, 0.25) is 5.82 Å². The van der Waals surface area contributed by atoms with Crippen LogP contribution in [0, 0.1) is 10.1 Å². The zero-order valence-electron chi connectivity index (χ0n) is 8.88. The van der Waals surface area contributed by atoms with Gasteiger partial charge in [0.15, 0.2) is 0 Å². The lowest BCUT2D eigenvalue weighted by atomic mass is 10.4. The second-order valence-corrected chi connectivity index (χ2v) is 5.19. The monoisotopic (exact) mass is 316 g/mol. The fourth-order valence-corrected chi connectivity index (χ4v) is 2.78. The van der Waals surface area contributed by atoms with Crippen LogP contribution in [0.2, 0.25) is 0 Å². The van der Waals surface area contributed by atoms with Crippen LogP contribution in [0.3, 0.4) is 0 Å². The molecule has 0 aliphatic heterocycles. The summed E-state index contributed by atoms with van der Waals surface area (Å²) in [5, 5.41) is 19.7. The third-order valence-corrected chi connectivity index (χ3v) is 4.04. The molecule has 0 aliphatic rings. The Kier molecular flexibility index (Phi) is 3.43. The number of aromatic nitrogens is 2. The number of halogens is 1. The molecule has 0 bridgehead atoms. The van der Waals surface area contributed by atoms with Crippen LogP contribution in [-0.2, 0) is 13.6 Å². The van der Waals surface area contributed by atoms with Gasteiger partial charge >= 0.3 is 5.69 Å². The molecule has 0 saturated heterocycles. The lowest BCUT2D eigenvalue weighted by molar-refractivity contribution is -0.384. The average molecular weight is 317 g/mol. The van der Waals surface area contributed by atoms with Crippen molar-refractivity contribution >= 4 is 38.8 Å². The molecule has 0 radical (unpaired) electrons. The molecule has 17 heavy (non-hydrogen) atoms. The van der Waals surface area contributed by atoms with E-state index in [0.717, 1.165) is 9.35 Å². The highest BCUT2D eigenvalue weighted by Crippen LogP contribution is 2.26. The van der Waals surface area contributed by atoms with Gasteiger partial charge in [0.05, 0.1) is 11.5 Å². The van der Waals surface area contributed by atoms with Crippen molar-refractivity contribution in [2.75, 3.05) is 5.32 Å². The van der Waals surface area contributed by atoms with E-state index in [-0.39, 0.29) is 11.5 Å². The summed E-state index contributed by atoms with van der Waals surface area (Å²) in [6.45, 7) is 0.510. The molecule has 0 atom stereocenters. The third kappa shape index (κ3) is 2.64. The van der Waals surface area contributed by atoms with Gasteiger partial charge in [-0.05, 0) is 27.4 Å². The van der Waals surface area contributed by atoms with Gasteiger partial charge < -0.3 is 5.32 Å². The highest BCUT2D eigenvalue weighted by molar-refractivity contribution is 9.10. The second-order valence-electron chi connectivity index (χ2n) is 3.34. The number of aryl methyl sites for hydroxylation is 1. The van der Waals surface area contributed by atoms with Crippen molar-refractivity contribution in [2.24, 2.45) is 7.05 Å². The predicted octanol–water partition coefficient (Wildman–Crippen LogP) is 2.76. The van der Waals surface area contributed by atoms with Crippen LogP contribution in [0.15, 0.2) is 22.1 Å².